The Hall–Kier alpha value is -2.77. The first kappa shape index (κ1) is 18.6. The van der Waals surface area contributed by atoms with Gasteiger partial charge in [-0.2, -0.15) is 0 Å². The van der Waals surface area contributed by atoms with Crippen molar-refractivity contribution in [3.05, 3.63) is 24.3 Å². The molecule has 0 aliphatic carbocycles. The predicted molar refractivity (Wildman–Crippen MR) is 89.8 cm³/mol. The van der Waals surface area contributed by atoms with Crippen molar-refractivity contribution in [3.63, 3.8) is 0 Å². The van der Waals surface area contributed by atoms with Crippen LogP contribution in [0.1, 0.15) is 26.7 Å². The van der Waals surface area contributed by atoms with Crippen molar-refractivity contribution in [2.45, 2.75) is 32.8 Å². The van der Waals surface area contributed by atoms with Gasteiger partial charge in [0.1, 0.15) is 18.0 Å². The van der Waals surface area contributed by atoms with Crippen LogP contribution in [0, 0.1) is 0 Å². The van der Waals surface area contributed by atoms with Crippen LogP contribution in [0.3, 0.4) is 0 Å². The topological polar surface area (TPSA) is 97.0 Å². The largest absolute Gasteiger partial charge is 0.494 e. The average Bonchev–Trinajstić information content (AvgIpc) is 2.99. The van der Waals surface area contributed by atoms with Gasteiger partial charge in [0.2, 0.25) is 5.91 Å². The third-order valence-electron chi connectivity index (χ3n) is 3.65. The molecule has 0 spiro atoms. The van der Waals surface area contributed by atoms with Gasteiger partial charge in [0.15, 0.2) is 6.10 Å². The van der Waals surface area contributed by atoms with Gasteiger partial charge in [-0.05, 0) is 44.5 Å². The Balaban J connectivity index is 1.73. The van der Waals surface area contributed by atoms with Crippen LogP contribution in [-0.2, 0) is 14.4 Å². The summed E-state index contributed by atoms with van der Waals surface area (Å²) in [7, 11) is 0. The lowest BCUT2D eigenvalue weighted by molar-refractivity contribution is -0.135. The summed E-state index contributed by atoms with van der Waals surface area (Å²) in [5, 5.41) is 0. The SMILES string of the molecule is CCOc1ccc(O[C@@H](C)C(=O)NNC(=O)CN2CCCC2=O)cc1. The van der Waals surface area contributed by atoms with Crippen molar-refractivity contribution in [2.75, 3.05) is 19.7 Å². The molecule has 0 bridgehead atoms. The molecule has 136 valence electrons. The van der Waals surface area contributed by atoms with E-state index in [1.165, 1.54) is 4.90 Å². The first-order chi connectivity index (χ1) is 12.0. The summed E-state index contributed by atoms with van der Waals surface area (Å²) < 4.78 is 10.8. The molecule has 1 aromatic carbocycles. The Kier molecular flexibility index (Phi) is 6.62. The highest BCUT2D eigenvalue weighted by molar-refractivity contribution is 5.88. The maximum atomic E-state index is 12.0. The van der Waals surface area contributed by atoms with Crippen LogP contribution in [0.5, 0.6) is 11.5 Å². The highest BCUT2D eigenvalue weighted by Crippen LogP contribution is 2.18. The van der Waals surface area contributed by atoms with Crippen LogP contribution < -0.4 is 20.3 Å². The van der Waals surface area contributed by atoms with Crippen molar-refractivity contribution in [1.82, 2.24) is 15.8 Å². The van der Waals surface area contributed by atoms with Crippen molar-refractivity contribution in [1.29, 1.82) is 0 Å². The standard InChI is InChI=1S/C17H23N3O5/c1-3-24-13-6-8-14(9-7-13)25-12(2)17(23)19-18-15(21)11-20-10-4-5-16(20)22/h6-9,12H,3-5,10-11H2,1-2H3,(H,18,21)(H,19,23)/t12-/m0/s1. The van der Waals surface area contributed by atoms with Gasteiger partial charge in [0.25, 0.3) is 11.8 Å². The molecule has 25 heavy (non-hydrogen) atoms. The number of nitrogens with one attached hydrogen (secondary N) is 2. The average molecular weight is 349 g/mol. The molecule has 0 unspecified atom stereocenters. The zero-order chi connectivity index (χ0) is 18.2. The van der Waals surface area contributed by atoms with Crippen LogP contribution in [0.25, 0.3) is 0 Å². The molecule has 0 saturated carbocycles. The predicted octanol–water partition coefficient (Wildman–Crippen LogP) is 0.622. The number of carbonyl (C=O) groups excluding carboxylic acids is 3. The van der Waals surface area contributed by atoms with Crippen molar-refractivity contribution >= 4 is 17.7 Å². The van der Waals surface area contributed by atoms with E-state index in [1.807, 2.05) is 6.92 Å². The summed E-state index contributed by atoms with van der Waals surface area (Å²) in [6.07, 6.45) is 0.421. The van der Waals surface area contributed by atoms with E-state index in [9.17, 15) is 14.4 Å². The third kappa shape index (κ3) is 5.66. The minimum absolute atomic E-state index is 0.0475. The smallest absolute Gasteiger partial charge is 0.279 e. The first-order valence-corrected chi connectivity index (χ1v) is 8.25. The normalized spacial score (nSPS) is 14.8. The van der Waals surface area contributed by atoms with Gasteiger partial charge in [0, 0.05) is 13.0 Å². The number of hydrazine groups is 1. The van der Waals surface area contributed by atoms with Crippen LogP contribution in [-0.4, -0.2) is 48.4 Å². The number of rotatable bonds is 7. The summed E-state index contributed by atoms with van der Waals surface area (Å²) in [5.41, 5.74) is 4.59. The fraction of sp³-hybridized carbons (Fsp3) is 0.471. The van der Waals surface area contributed by atoms with E-state index in [4.69, 9.17) is 9.47 Å². The Morgan fingerprint density at radius 3 is 2.48 bits per heavy atom. The van der Waals surface area contributed by atoms with Gasteiger partial charge in [-0.1, -0.05) is 0 Å². The zero-order valence-corrected chi connectivity index (χ0v) is 14.4. The van der Waals surface area contributed by atoms with E-state index in [1.54, 1.807) is 31.2 Å². The van der Waals surface area contributed by atoms with Crippen LogP contribution in [0.15, 0.2) is 24.3 Å². The van der Waals surface area contributed by atoms with Gasteiger partial charge in [-0.15, -0.1) is 0 Å². The van der Waals surface area contributed by atoms with E-state index in [0.29, 0.717) is 25.3 Å². The molecule has 8 nitrogen and oxygen atoms in total. The van der Waals surface area contributed by atoms with E-state index < -0.39 is 17.9 Å². The van der Waals surface area contributed by atoms with Crippen molar-refractivity contribution < 1.29 is 23.9 Å². The third-order valence-corrected chi connectivity index (χ3v) is 3.65. The molecule has 2 rings (SSSR count). The molecule has 3 amide bonds. The number of nitrogens with zero attached hydrogens (tertiary/aromatic N) is 1. The maximum Gasteiger partial charge on any atom is 0.279 e. The van der Waals surface area contributed by atoms with Crippen molar-refractivity contribution in [2.24, 2.45) is 0 Å². The summed E-state index contributed by atoms with van der Waals surface area (Å²) in [4.78, 5) is 36.6. The molecule has 0 aromatic heterocycles. The second kappa shape index (κ2) is 8.91. The van der Waals surface area contributed by atoms with Gasteiger partial charge in [0.05, 0.1) is 6.61 Å². The number of amides is 3. The molecular formula is C17H23N3O5. The molecule has 2 N–H and O–H groups in total. The number of hydrogen-bond acceptors (Lipinski definition) is 5. The van der Waals surface area contributed by atoms with E-state index >= 15 is 0 Å². The van der Waals surface area contributed by atoms with Gasteiger partial charge in [-0.3, -0.25) is 25.2 Å². The highest BCUT2D eigenvalue weighted by Gasteiger charge is 2.23. The van der Waals surface area contributed by atoms with E-state index in [2.05, 4.69) is 10.9 Å². The molecule has 1 aliphatic rings. The molecular weight excluding hydrogens is 326 g/mol. The molecule has 1 aromatic rings. The lowest BCUT2D eigenvalue weighted by Crippen LogP contribution is -2.50. The number of likely N-dealkylation sites (tertiary alicyclic amines) is 1. The number of benzene rings is 1. The Morgan fingerprint density at radius 1 is 1.20 bits per heavy atom. The maximum absolute atomic E-state index is 12.0. The summed E-state index contributed by atoms with van der Waals surface area (Å²) in [6.45, 7) is 4.54. The summed E-state index contributed by atoms with van der Waals surface area (Å²) in [6, 6.07) is 6.90. The summed E-state index contributed by atoms with van der Waals surface area (Å²) >= 11 is 0. The highest BCUT2D eigenvalue weighted by atomic mass is 16.5. The van der Waals surface area contributed by atoms with Crippen molar-refractivity contribution in [3.8, 4) is 11.5 Å². The van der Waals surface area contributed by atoms with Gasteiger partial charge in [-0.25, -0.2) is 0 Å². The Bertz CT molecular complexity index is 617. The van der Waals surface area contributed by atoms with E-state index in [0.717, 1.165) is 12.2 Å². The van der Waals surface area contributed by atoms with Crippen LogP contribution >= 0.6 is 0 Å². The second-order valence-corrected chi connectivity index (χ2v) is 5.62. The minimum Gasteiger partial charge on any atom is -0.494 e. The molecule has 1 atom stereocenters. The van der Waals surface area contributed by atoms with Gasteiger partial charge >= 0.3 is 0 Å². The lowest BCUT2D eigenvalue weighted by atomic mass is 10.3. The molecule has 1 fully saturated rings. The Labute approximate surface area is 146 Å². The monoisotopic (exact) mass is 349 g/mol. The zero-order valence-electron chi connectivity index (χ0n) is 14.4. The lowest BCUT2D eigenvalue weighted by Gasteiger charge is -2.17. The second-order valence-electron chi connectivity index (χ2n) is 5.62. The first-order valence-electron chi connectivity index (χ1n) is 8.25. The number of ether oxygens (including phenoxy) is 2. The quantitative estimate of drug-likeness (QED) is 0.704. The molecule has 1 heterocycles. The fourth-order valence-corrected chi connectivity index (χ4v) is 2.36. The van der Waals surface area contributed by atoms with Crippen LogP contribution in [0.2, 0.25) is 0 Å². The van der Waals surface area contributed by atoms with E-state index in [-0.39, 0.29) is 12.5 Å². The number of carbonyl (C=O) groups is 3. The Morgan fingerprint density at radius 2 is 1.88 bits per heavy atom. The molecule has 8 heteroatoms. The van der Waals surface area contributed by atoms with Gasteiger partial charge < -0.3 is 14.4 Å². The van der Waals surface area contributed by atoms with Crippen LogP contribution in [0.4, 0.5) is 0 Å². The number of hydrogen-bond donors (Lipinski definition) is 2. The minimum atomic E-state index is -0.799. The molecule has 1 saturated heterocycles. The fourth-order valence-electron chi connectivity index (χ4n) is 2.36. The molecule has 0 radical (unpaired) electrons. The summed E-state index contributed by atoms with van der Waals surface area (Å²) in [5.74, 6) is 0.247. The molecule has 1 aliphatic heterocycles.